The first-order chi connectivity index (χ1) is 13.8. The number of hydrogen-bond donors (Lipinski definition) is 2. The molecule has 2 rings (SSSR count). The molecule has 0 heterocycles. The second kappa shape index (κ2) is 10.4. The predicted molar refractivity (Wildman–Crippen MR) is 99.8 cm³/mol. The van der Waals surface area contributed by atoms with E-state index >= 15 is 0 Å². The van der Waals surface area contributed by atoms with Gasteiger partial charge in [0.15, 0.2) is 6.61 Å². The molecule has 6 nitrogen and oxygen atoms in total. The van der Waals surface area contributed by atoms with Gasteiger partial charge in [0.1, 0.15) is 11.5 Å². The van der Waals surface area contributed by atoms with Gasteiger partial charge in [0.05, 0.1) is 18.7 Å². The Kier molecular flexibility index (Phi) is 7.88. The molecule has 0 aliphatic rings. The van der Waals surface area contributed by atoms with Crippen LogP contribution in [0.3, 0.4) is 0 Å². The van der Waals surface area contributed by atoms with Crippen LogP contribution in [0.5, 0.6) is 11.5 Å². The molecule has 0 spiro atoms. The summed E-state index contributed by atoms with van der Waals surface area (Å²) in [6.07, 6.45) is -4.40. The molecule has 0 fully saturated rings. The van der Waals surface area contributed by atoms with Crippen molar-refractivity contribution in [2.24, 2.45) is 0 Å². The summed E-state index contributed by atoms with van der Waals surface area (Å²) in [5, 5.41) is 5.13. The monoisotopic (exact) mass is 410 g/mol. The minimum atomic E-state index is -4.40. The van der Waals surface area contributed by atoms with Crippen LogP contribution in [0.25, 0.3) is 0 Å². The highest BCUT2D eigenvalue weighted by atomic mass is 19.4. The lowest BCUT2D eigenvalue weighted by Gasteiger charge is -2.11. The zero-order valence-corrected chi connectivity index (χ0v) is 15.7. The van der Waals surface area contributed by atoms with E-state index in [4.69, 9.17) is 4.74 Å². The Morgan fingerprint density at radius 3 is 2.31 bits per heavy atom. The van der Waals surface area contributed by atoms with E-state index in [0.29, 0.717) is 23.5 Å². The summed E-state index contributed by atoms with van der Waals surface area (Å²) in [6.45, 7) is 0.771. The maximum atomic E-state index is 12.2. The number of nitrogens with one attached hydrogen (secondary N) is 2. The molecule has 156 valence electrons. The Balaban J connectivity index is 1.78. The first kappa shape index (κ1) is 22.1. The van der Waals surface area contributed by atoms with Crippen molar-refractivity contribution in [1.29, 1.82) is 0 Å². The van der Waals surface area contributed by atoms with Crippen molar-refractivity contribution >= 4 is 11.8 Å². The van der Waals surface area contributed by atoms with Gasteiger partial charge in [-0.05, 0) is 36.8 Å². The zero-order valence-electron chi connectivity index (χ0n) is 15.7. The predicted octanol–water partition coefficient (Wildman–Crippen LogP) is 3.07. The zero-order chi connectivity index (χ0) is 21.3. The van der Waals surface area contributed by atoms with Gasteiger partial charge in [-0.1, -0.05) is 24.3 Å². The van der Waals surface area contributed by atoms with Gasteiger partial charge in [0, 0.05) is 6.54 Å². The summed E-state index contributed by atoms with van der Waals surface area (Å²) >= 11 is 0. The average Bonchev–Trinajstić information content (AvgIpc) is 2.70. The molecule has 0 bridgehead atoms. The van der Waals surface area contributed by atoms with Crippen LogP contribution in [-0.2, 0) is 11.3 Å². The fourth-order valence-corrected chi connectivity index (χ4v) is 2.32. The third-order valence-electron chi connectivity index (χ3n) is 3.66. The standard InChI is InChI=1S/C20H21F3N2O4/c1-2-28-17-6-4-3-5-16(17)19(27)25-12-18(26)24-11-14-7-9-15(10-8-14)29-13-20(21,22)23/h3-10H,2,11-13H2,1H3,(H,24,26)(H,25,27). The van der Waals surface area contributed by atoms with Crippen LogP contribution in [0.2, 0.25) is 0 Å². The van der Waals surface area contributed by atoms with Gasteiger partial charge in [-0.2, -0.15) is 13.2 Å². The minimum absolute atomic E-state index is 0.0811. The molecule has 0 unspecified atom stereocenters. The van der Waals surface area contributed by atoms with Crippen LogP contribution < -0.4 is 20.1 Å². The molecule has 9 heteroatoms. The molecule has 2 N–H and O–H groups in total. The summed E-state index contributed by atoms with van der Waals surface area (Å²) in [5.41, 5.74) is 1.00. The molecule has 0 aromatic heterocycles. The number of benzene rings is 2. The number of para-hydroxylation sites is 1. The summed E-state index contributed by atoms with van der Waals surface area (Å²) in [5.74, 6) is -0.335. The first-order valence-corrected chi connectivity index (χ1v) is 8.83. The van der Waals surface area contributed by atoms with E-state index in [0.717, 1.165) is 0 Å². The Labute approximate surface area is 166 Å². The molecule has 0 radical (unpaired) electrons. The molecular weight excluding hydrogens is 389 g/mol. The number of alkyl halides is 3. The maximum Gasteiger partial charge on any atom is 0.422 e. The number of rotatable bonds is 9. The van der Waals surface area contributed by atoms with Crippen molar-refractivity contribution in [3.05, 3.63) is 59.7 Å². The molecule has 2 aromatic rings. The molecule has 0 atom stereocenters. The fourth-order valence-electron chi connectivity index (χ4n) is 2.32. The second-order valence-electron chi connectivity index (χ2n) is 5.94. The number of ether oxygens (including phenoxy) is 2. The fraction of sp³-hybridized carbons (Fsp3) is 0.300. The van der Waals surface area contributed by atoms with Gasteiger partial charge in [-0.15, -0.1) is 0 Å². The van der Waals surface area contributed by atoms with Crippen molar-refractivity contribution in [2.75, 3.05) is 19.8 Å². The Hall–Kier alpha value is -3.23. The van der Waals surface area contributed by atoms with Crippen LogP contribution in [-0.4, -0.2) is 37.7 Å². The highest BCUT2D eigenvalue weighted by molar-refractivity contribution is 5.98. The van der Waals surface area contributed by atoms with Gasteiger partial charge in [-0.25, -0.2) is 0 Å². The van der Waals surface area contributed by atoms with E-state index in [1.54, 1.807) is 43.3 Å². The topological polar surface area (TPSA) is 76.7 Å². The van der Waals surface area contributed by atoms with Gasteiger partial charge >= 0.3 is 6.18 Å². The van der Waals surface area contributed by atoms with Gasteiger partial charge in [0.25, 0.3) is 5.91 Å². The summed E-state index contributed by atoms with van der Waals surface area (Å²) in [6, 6.07) is 12.6. The Morgan fingerprint density at radius 2 is 1.66 bits per heavy atom. The molecule has 0 aliphatic carbocycles. The average molecular weight is 410 g/mol. The molecule has 0 saturated heterocycles. The number of carbonyl (C=O) groups is 2. The number of amides is 2. The number of hydrogen-bond acceptors (Lipinski definition) is 4. The quantitative estimate of drug-likeness (QED) is 0.666. The van der Waals surface area contributed by atoms with Crippen molar-refractivity contribution in [1.82, 2.24) is 10.6 Å². The van der Waals surface area contributed by atoms with E-state index in [2.05, 4.69) is 15.4 Å². The normalized spacial score (nSPS) is 10.9. The van der Waals surface area contributed by atoms with Crippen LogP contribution >= 0.6 is 0 Å². The third-order valence-corrected chi connectivity index (χ3v) is 3.66. The van der Waals surface area contributed by atoms with E-state index in [1.807, 2.05) is 0 Å². The second-order valence-corrected chi connectivity index (χ2v) is 5.94. The molecule has 2 aromatic carbocycles. The highest BCUT2D eigenvalue weighted by Gasteiger charge is 2.28. The number of halogens is 3. The largest absolute Gasteiger partial charge is 0.493 e. The van der Waals surface area contributed by atoms with Crippen molar-refractivity contribution < 1.29 is 32.2 Å². The van der Waals surface area contributed by atoms with Crippen molar-refractivity contribution in [3.63, 3.8) is 0 Å². The van der Waals surface area contributed by atoms with Crippen LogP contribution in [0.4, 0.5) is 13.2 Å². The van der Waals surface area contributed by atoms with Crippen LogP contribution in [0.1, 0.15) is 22.8 Å². The molecule has 0 saturated carbocycles. The third kappa shape index (κ3) is 7.73. The molecular formula is C20H21F3N2O4. The highest BCUT2D eigenvalue weighted by Crippen LogP contribution is 2.19. The smallest absolute Gasteiger partial charge is 0.422 e. The molecule has 2 amide bonds. The summed E-state index contributed by atoms with van der Waals surface area (Å²) in [7, 11) is 0. The van der Waals surface area contributed by atoms with E-state index in [1.165, 1.54) is 12.1 Å². The van der Waals surface area contributed by atoms with E-state index in [9.17, 15) is 22.8 Å². The minimum Gasteiger partial charge on any atom is -0.493 e. The van der Waals surface area contributed by atoms with Gasteiger partial charge in [0.2, 0.25) is 5.91 Å². The van der Waals surface area contributed by atoms with E-state index < -0.39 is 24.6 Å². The summed E-state index contributed by atoms with van der Waals surface area (Å²) < 4.78 is 46.4. The van der Waals surface area contributed by atoms with E-state index in [-0.39, 0.29) is 18.8 Å². The SMILES string of the molecule is CCOc1ccccc1C(=O)NCC(=O)NCc1ccc(OCC(F)(F)F)cc1. The van der Waals surface area contributed by atoms with Crippen molar-refractivity contribution in [3.8, 4) is 11.5 Å². The van der Waals surface area contributed by atoms with Gasteiger partial charge < -0.3 is 20.1 Å². The molecule has 0 aliphatic heterocycles. The molecule has 29 heavy (non-hydrogen) atoms. The number of carbonyl (C=O) groups excluding carboxylic acids is 2. The lowest BCUT2D eigenvalue weighted by molar-refractivity contribution is -0.153. The van der Waals surface area contributed by atoms with Crippen LogP contribution in [0, 0.1) is 0 Å². The lowest BCUT2D eigenvalue weighted by Crippen LogP contribution is -2.36. The Morgan fingerprint density at radius 1 is 0.966 bits per heavy atom. The summed E-state index contributed by atoms with van der Waals surface area (Å²) in [4.78, 5) is 24.2. The Bertz CT molecular complexity index is 823. The lowest BCUT2D eigenvalue weighted by atomic mass is 10.2. The maximum absolute atomic E-state index is 12.2. The van der Waals surface area contributed by atoms with Gasteiger partial charge in [-0.3, -0.25) is 9.59 Å². The van der Waals surface area contributed by atoms with Crippen LogP contribution in [0.15, 0.2) is 48.5 Å². The first-order valence-electron chi connectivity index (χ1n) is 8.83. The van der Waals surface area contributed by atoms with Crippen molar-refractivity contribution in [2.45, 2.75) is 19.6 Å².